The first-order valence-corrected chi connectivity index (χ1v) is 9.96. The van der Waals surface area contributed by atoms with E-state index in [0.717, 1.165) is 24.8 Å². The third-order valence-electron chi connectivity index (χ3n) is 5.02. The van der Waals surface area contributed by atoms with Crippen molar-refractivity contribution in [1.82, 2.24) is 10.0 Å². The van der Waals surface area contributed by atoms with Crippen LogP contribution in [0.25, 0.3) is 0 Å². The first-order chi connectivity index (χ1) is 11.5. The Balaban J connectivity index is 1.71. The third-order valence-corrected chi connectivity index (χ3v) is 6.36. The van der Waals surface area contributed by atoms with Gasteiger partial charge in [-0.2, -0.15) is 0 Å². The van der Waals surface area contributed by atoms with Gasteiger partial charge in [0.05, 0.1) is 10.9 Å². The maximum Gasteiger partial charge on any atom is 0.334 e. The quantitative estimate of drug-likeness (QED) is 0.847. The molecule has 2 aliphatic rings. The van der Waals surface area contributed by atoms with Gasteiger partial charge >= 0.3 is 6.03 Å². The maximum absolute atomic E-state index is 12.3. The summed E-state index contributed by atoms with van der Waals surface area (Å²) in [5, 5.41) is 2.69. The van der Waals surface area contributed by atoms with Gasteiger partial charge in [-0.15, -0.1) is 0 Å². The minimum atomic E-state index is -3.90. The second kappa shape index (κ2) is 5.83. The van der Waals surface area contributed by atoms with Crippen LogP contribution in [0.15, 0.2) is 34.2 Å². The molecule has 2 N–H and O–H groups in total. The minimum absolute atomic E-state index is 0.0627. The van der Waals surface area contributed by atoms with E-state index >= 15 is 0 Å². The molecule has 1 aromatic carbocycles. The lowest BCUT2D eigenvalue weighted by molar-refractivity contribution is 0.151. The highest BCUT2D eigenvalue weighted by Gasteiger charge is 2.49. The lowest BCUT2D eigenvalue weighted by atomic mass is 9.64. The van der Waals surface area contributed by atoms with Gasteiger partial charge in [0.25, 0.3) is 10.0 Å². The molecular formula is C18H25N3O3S. The van der Waals surface area contributed by atoms with Crippen molar-refractivity contribution in [2.75, 3.05) is 0 Å². The Hall–Kier alpha value is -1.89. The van der Waals surface area contributed by atoms with E-state index in [1.165, 1.54) is 12.1 Å². The summed E-state index contributed by atoms with van der Waals surface area (Å²) < 4.78 is 26.7. The predicted octanol–water partition coefficient (Wildman–Crippen LogP) is 2.98. The number of aryl methyl sites for hydroxylation is 1. The van der Waals surface area contributed by atoms with E-state index in [9.17, 15) is 13.2 Å². The molecule has 7 heteroatoms. The summed E-state index contributed by atoms with van der Waals surface area (Å²) in [4.78, 5) is 16.9. The molecule has 0 saturated heterocycles. The number of hydrogen-bond acceptors (Lipinski definition) is 4. The van der Waals surface area contributed by atoms with Gasteiger partial charge in [-0.1, -0.05) is 38.5 Å². The second-order valence-electron chi connectivity index (χ2n) is 8.31. The average molecular weight is 363 g/mol. The topological polar surface area (TPSA) is 87.6 Å². The number of amidine groups is 1. The van der Waals surface area contributed by atoms with E-state index in [1.807, 2.05) is 6.92 Å². The lowest BCUT2D eigenvalue weighted by Gasteiger charge is -2.40. The van der Waals surface area contributed by atoms with Crippen LogP contribution in [0.3, 0.4) is 0 Å². The maximum atomic E-state index is 12.3. The van der Waals surface area contributed by atoms with Crippen molar-refractivity contribution < 1.29 is 13.2 Å². The number of nitrogens with one attached hydrogen (secondary N) is 2. The van der Waals surface area contributed by atoms with Crippen molar-refractivity contribution in [1.29, 1.82) is 0 Å². The zero-order valence-electron chi connectivity index (χ0n) is 15.1. The molecule has 25 heavy (non-hydrogen) atoms. The number of nitrogens with zero attached hydrogens (tertiary/aromatic N) is 1. The van der Waals surface area contributed by atoms with E-state index in [2.05, 4.69) is 35.8 Å². The van der Waals surface area contributed by atoms with E-state index in [4.69, 9.17) is 0 Å². The lowest BCUT2D eigenvalue weighted by Crippen LogP contribution is -2.48. The molecule has 0 spiro atoms. The van der Waals surface area contributed by atoms with Gasteiger partial charge < -0.3 is 0 Å². The van der Waals surface area contributed by atoms with Crippen LogP contribution < -0.4 is 10.0 Å². The largest absolute Gasteiger partial charge is 0.334 e. The number of carbonyl (C=O) groups is 1. The van der Waals surface area contributed by atoms with Crippen molar-refractivity contribution in [3.63, 3.8) is 0 Å². The molecule has 1 aliphatic heterocycles. The van der Waals surface area contributed by atoms with Crippen LogP contribution in [-0.4, -0.2) is 26.3 Å². The van der Waals surface area contributed by atoms with Crippen LogP contribution in [0.2, 0.25) is 0 Å². The van der Waals surface area contributed by atoms with E-state index in [1.54, 1.807) is 12.1 Å². The fourth-order valence-electron chi connectivity index (χ4n) is 4.26. The molecule has 3 rings (SSSR count). The number of sulfonamides is 1. The number of carbonyl (C=O) groups excluding carboxylic acids is 1. The highest BCUT2D eigenvalue weighted by atomic mass is 32.2. The standard InChI is InChI=1S/C18H25N3O3S/c1-12-5-7-14(8-6-12)25(23,24)21-16(22)20-15-18(4)10-13(19-15)9-17(2,3)11-18/h5-8,13H,9-11H2,1-4H3,(H2,19,20,21,22). The van der Waals surface area contributed by atoms with Crippen LogP contribution >= 0.6 is 0 Å². The Morgan fingerprint density at radius 1 is 1.16 bits per heavy atom. The third kappa shape index (κ3) is 3.71. The van der Waals surface area contributed by atoms with Crippen molar-refractivity contribution in [3.05, 3.63) is 29.8 Å². The first-order valence-electron chi connectivity index (χ1n) is 8.48. The SMILES string of the molecule is Cc1ccc(S(=O)(=O)NC(=O)NC2=NC3CC(C)(C)CC2(C)C3)cc1. The molecule has 2 bridgehead atoms. The molecule has 0 aromatic heterocycles. The van der Waals surface area contributed by atoms with E-state index in [0.29, 0.717) is 5.84 Å². The number of aliphatic imine (C=N–C) groups is 1. The van der Waals surface area contributed by atoms with Crippen LogP contribution in [0.5, 0.6) is 0 Å². The van der Waals surface area contributed by atoms with Crippen LogP contribution in [0, 0.1) is 17.8 Å². The van der Waals surface area contributed by atoms with Crippen molar-refractivity contribution >= 4 is 21.9 Å². The number of benzene rings is 1. The highest BCUT2D eigenvalue weighted by molar-refractivity contribution is 7.90. The fraction of sp³-hybridized carbons (Fsp3) is 0.556. The van der Waals surface area contributed by atoms with Gasteiger partial charge in [0.15, 0.2) is 0 Å². The summed E-state index contributed by atoms with van der Waals surface area (Å²) in [6.45, 7) is 8.37. The minimum Gasteiger partial charge on any atom is -0.295 e. The summed E-state index contributed by atoms with van der Waals surface area (Å²) in [5.74, 6) is 0.597. The Kier molecular flexibility index (Phi) is 4.18. The number of urea groups is 1. The molecule has 1 fully saturated rings. The Bertz CT molecular complexity index is 828. The first kappa shape index (κ1) is 17.9. The van der Waals surface area contributed by atoms with Crippen LogP contribution in [0.1, 0.15) is 45.6 Å². The molecule has 136 valence electrons. The Labute approximate surface area is 149 Å². The molecule has 1 aliphatic carbocycles. The molecule has 2 amide bonds. The highest BCUT2D eigenvalue weighted by Crippen LogP contribution is 2.51. The number of hydrogen-bond donors (Lipinski definition) is 2. The van der Waals surface area contributed by atoms with E-state index < -0.39 is 16.1 Å². The zero-order valence-corrected chi connectivity index (χ0v) is 15.9. The van der Waals surface area contributed by atoms with Gasteiger partial charge in [-0.05, 0) is 43.7 Å². The van der Waals surface area contributed by atoms with Crippen molar-refractivity contribution in [2.45, 2.75) is 57.9 Å². The summed E-state index contributed by atoms with van der Waals surface area (Å²) in [6, 6.07) is 5.78. The summed E-state index contributed by atoms with van der Waals surface area (Å²) in [7, 11) is -3.90. The predicted molar refractivity (Wildman–Crippen MR) is 97.0 cm³/mol. The van der Waals surface area contributed by atoms with Crippen molar-refractivity contribution in [3.8, 4) is 0 Å². The van der Waals surface area contributed by atoms with Crippen LogP contribution in [0.4, 0.5) is 4.79 Å². The second-order valence-corrected chi connectivity index (χ2v) is 10.00. The molecule has 1 aromatic rings. The Morgan fingerprint density at radius 3 is 2.44 bits per heavy atom. The summed E-state index contributed by atoms with van der Waals surface area (Å²) >= 11 is 0. The normalized spacial score (nSPS) is 27.5. The number of fused-ring (bicyclic) bond motifs is 2. The van der Waals surface area contributed by atoms with Crippen molar-refractivity contribution in [2.24, 2.45) is 15.8 Å². The molecule has 2 unspecified atom stereocenters. The van der Waals surface area contributed by atoms with E-state index in [-0.39, 0.29) is 21.8 Å². The molecule has 6 nitrogen and oxygen atoms in total. The number of amides is 2. The smallest absolute Gasteiger partial charge is 0.295 e. The molecule has 2 atom stereocenters. The number of rotatable bonds is 2. The fourth-order valence-corrected chi connectivity index (χ4v) is 5.16. The van der Waals surface area contributed by atoms with Crippen LogP contribution in [-0.2, 0) is 10.0 Å². The molecular weight excluding hydrogens is 338 g/mol. The average Bonchev–Trinajstić information content (AvgIpc) is 2.66. The van der Waals surface area contributed by atoms with Gasteiger partial charge in [-0.25, -0.2) is 17.9 Å². The Morgan fingerprint density at radius 2 is 1.80 bits per heavy atom. The summed E-state index contributed by atoms with van der Waals surface area (Å²) in [5.41, 5.74) is 0.901. The van der Waals surface area contributed by atoms with Gasteiger partial charge in [0, 0.05) is 5.41 Å². The molecule has 0 radical (unpaired) electrons. The van der Waals surface area contributed by atoms with Gasteiger partial charge in [0.1, 0.15) is 5.84 Å². The molecule has 1 heterocycles. The monoisotopic (exact) mass is 363 g/mol. The molecule has 1 saturated carbocycles. The van der Waals surface area contributed by atoms with Gasteiger partial charge in [-0.3, -0.25) is 10.3 Å². The summed E-state index contributed by atoms with van der Waals surface area (Å²) in [6.07, 6.45) is 2.80. The zero-order chi connectivity index (χ0) is 18.5. The van der Waals surface area contributed by atoms with Gasteiger partial charge in [0.2, 0.25) is 0 Å².